The highest BCUT2D eigenvalue weighted by Crippen LogP contribution is 2.29. The van der Waals surface area contributed by atoms with Crippen molar-refractivity contribution in [1.29, 1.82) is 5.26 Å². The number of fused-ring (bicyclic) bond motifs is 3. The smallest absolute Gasteiger partial charge is 0.259 e. The first-order chi connectivity index (χ1) is 12.0. The fraction of sp³-hybridized carbons (Fsp3) is 0.143. The summed E-state index contributed by atoms with van der Waals surface area (Å²) in [6.07, 6.45) is 0. The van der Waals surface area contributed by atoms with Crippen LogP contribution in [0.25, 0.3) is 33.1 Å². The van der Waals surface area contributed by atoms with Crippen molar-refractivity contribution in [3.05, 3.63) is 69.5 Å². The number of hydrogen-bond acceptors (Lipinski definition) is 2. The molecule has 2 aromatic heterocycles. The van der Waals surface area contributed by atoms with Gasteiger partial charge in [0.05, 0.1) is 11.6 Å². The zero-order valence-corrected chi connectivity index (χ0v) is 14.3. The number of nitrogens with zero attached hydrogens (tertiary/aromatic N) is 2. The van der Waals surface area contributed by atoms with Gasteiger partial charge in [0.1, 0.15) is 5.65 Å². The molecule has 4 aromatic rings. The Hall–Kier alpha value is -3.32. The Labute approximate surface area is 145 Å². The maximum Gasteiger partial charge on any atom is 0.259 e. The number of H-pyrrole nitrogens is 1. The lowest BCUT2D eigenvalue weighted by atomic mass is 10.0. The minimum absolute atomic E-state index is 0.0374. The predicted molar refractivity (Wildman–Crippen MR) is 101 cm³/mol. The fourth-order valence-corrected chi connectivity index (χ4v) is 3.50. The van der Waals surface area contributed by atoms with E-state index < -0.39 is 0 Å². The monoisotopic (exact) mass is 327 g/mol. The van der Waals surface area contributed by atoms with Gasteiger partial charge in [0, 0.05) is 28.9 Å². The van der Waals surface area contributed by atoms with Crippen molar-refractivity contribution in [3.8, 4) is 17.2 Å². The van der Waals surface area contributed by atoms with Gasteiger partial charge >= 0.3 is 0 Å². The van der Waals surface area contributed by atoms with Crippen LogP contribution in [0.2, 0.25) is 0 Å². The van der Waals surface area contributed by atoms with Gasteiger partial charge in [-0.2, -0.15) is 5.26 Å². The Kier molecular flexibility index (Phi) is 3.26. The summed E-state index contributed by atoms with van der Waals surface area (Å²) < 4.78 is 1.65. The zero-order valence-electron chi connectivity index (χ0n) is 14.3. The van der Waals surface area contributed by atoms with E-state index in [4.69, 9.17) is 0 Å². The summed E-state index contributed by atoms with van der Waals surface area (Å²) in [7, 11) is 1.78. The average Bonchev–Trinajstić information content (AvgIpc) is 2.95. The molecule has 4 nitrogen and oxygen atoms in total. The molecule has 4 heteroatoms. The Morgan fingerprint density at radius 3 is 2.40 bits per heavy atom. The number of pyridine rings is 1. The molecule has 0 amide bonds. The number of hydrogen-bond donors (Lipinski definition) is 1. The van der Waals surface area contributed by atoms with Crippen molar-refractivity contribution in [2.45, 2.75) is 13.8 Å². The van der Waals surface area contributed by atoms with Crippen LogP contribution in [0.4, 0.5) is 0 Å². The quantitative estimate of drug-likeness (QED) is 0.570. The van der Waals surface area contributed by atoms with Gasteiger partial charge in [-0.3, -0.25) is 9.36 Å². The van der Waals surface area contributed by atoms with E-state index in [1.165, 1.54) is 0 Å². The van der Waals surface area contributed by atoms with Crippen LogP contribution < -0.4 is 5.56 Å². The molecule has 0 aliphatic heterocycles. The van der Waals surface area contributed by atoms with Crippen molar-refractivity contribution in [2.24, 2.45) is 7.05 Å². The molecule has 2 aromatic carbocycles. The normalized spacial score (nSPS) is 11.1. The molecule has 0 bridgehead atoms. The number of aromatic nitrogens is 2. The molecule has 0 radical (unpaired) electrons. The number of aromatic amines is 1. The van der Waals surface area contributed by atoms with Crippen LogP contribution >= 0.6 is 0 Å². The van der Waals surface area contributed by atoms with Gasteiger partial charge in [0.15, 0.2) is 0 Å². The van der Waals surface area contributed by atoms with E-state index in [0.29, 0.717) is 11.1 Å². The summed E-state index contributed by atoms with van der Waals surface area (Å²) in [6.45, 7) is 4.06. The van der Waals surface area contributed by atoms with Crippen LogP contribution in [0, 0.1) is 25.2 Å². The average molecular weight is 327 g/mol. The molecule has 122 valence electrons. The fourth-order valence-electron chi connectivity index (χ4n) is 3.50. The molecule has 25 heavy (non-hydrogen) atoms. The number of benzene rings is 2. The molecule has 4 rings (SSSR count). The van der Waals surface area contributed by atoms with Crippen LogP contribution in [-0.2, 0) is 7.05 Å². The third-order valence-electron chi connectivity index (χ3n) is 4.64. The third kappa shape index (κ3) is 2.33. The van der Waals surface area contributed by atoms with Crippen molar-refractivity contribution >= 4 is 21.9 Å². The molecular weight excluding hydrogens is 310 g/mol. The first-order valence-electron chi connectivity index (χ1n) is 8.12. The molecule has 0 fully saturated rings. The standard InChI is InChI=1S/C21H17N3O/c1-12-6-13(2)8-15(7-12)16-10-18-17-9-14(11-22)4-5-19(17)23-20(18)24(3)21(16)25/h4-10,23H,1-3H3. The number of aryl methyl sites for hydroxylation is 3. The summed E-state index contributed by atoms with van der Waals surface area (Å²) in [4.78, 5) is 16.2. The maximum atomic E-state index is 12.9. The number of rotatable bonds is 1. The topological polar surface area (TPSA) is 61.6 Å². The molecule has 0 saturated carbocycles. The van der Waals surface area contributed by atoms with Gasteiger partial charge in [-0.15, -0.1) is 0 Å². The summed E-state index contributed by atoms with van der Waals surface area (Å²) >= 11 is 0. The summed E-state index contributed by atoms with van der Waals surface area (Å²) in [5.41, 5.74) is 6.10. The first kappa shape index (κ1) is 15.2. The van der Waals surface area contributed by atoms with Crippen LogP contribution in [0.15, 0.2) is 47.3 Å². The summed E-state index contributed by atoms with van der Waals surface area (Å²) in [5.74, 6) is 0. The second kappa shape index (κ2) is 5.35. The second-order valence-electron chi connectivity index (χ2n) is 6.56. The number of nitriles is 1. The highest BCUT2D eigenvalue weighted by Gasteiger charge is 2.14. The van der Waals surface area contributed by atoms with Crippen LogP contribution in [0.1, 0.15) is 16.7 Å². The third-order valence-corrected chi connectivity index (χ3v) is 4.64. The summed E-state index contributed by atoms with van der Waals surface area (Å²) in [6, 6.07) is 15.8. The SMILES string of the molecule is Cc1cc(C)cc(-c2cc3c4cc(C#N)ccc4[nH]c3n(C)c2=O)c1. The molecular formula is C21H17N3O. The van der Waals surface area contributed by atoms with E-state index in [1.807, 2.05) is 44.2 Å². The van der Waals surface area contributed by atoms with E-state index >= 15 is 0 Å². The van der Waals surface area contributed by atoms with Crippen molar-refractivity contribution in [2.75, 3.05) is 0 Å². The van der Waals surface area contributed by atoms with Crippen LogP contribution in [0.3, 0.4) is 0 Å². The molecule has 0 aliphatic rings. The predicted octanol–water partition coefficient (Wildman–Crippen LogP) is 4.18. The van der Waals surface area contributed by atoms with Crippen LogP contribution in [-0.4, -0.2) is 9.55 Å². The maximum absolute atomic E-state index is 12.9. The zero-order chi connectivity index (χ0) is 17.7. The van der Waals surface area contributed by atoms with Gasteiger partial charge < -0.3 is 4.98 Å². The first-order valence-corrected chi connectivity index (χ1v) is 8.12. The van der Waals surface area contributed by atoms with Crippen molar-refractivity contribution < 1.29 is 0 Å². The minimum Gasteiger partial charge on any atom is -0.341 e. The largest absolute Gasteiger partial charge is 0.341 e. The van der Waals surface area contributed by atoms with E-state index in [2.05, 4.69) is 17.1 Å². The lowest BCUT2D eigenvalue weighted by Crippen LogP contribution is -2.18. The minimum atomic E-state index is -0.0374. The molecule has 0 aliphatic carbocycles. The molecule has 0 atom stereocenters. The van der Waals surface area contributed by atoms with Gasteiger partial charge in [0.2, 0.25) is 0 Å². The van der Waals surface area contributed by atoms with Crippen LogP contribution in [0.5, 0.6) is 0 Å². The van der Waals surface area contributed by atoms with E-state index in [-0.39, 0.29) is 5.56 Å². The number of nitrogens with one attached hydrogen (secondary N) is 1. The van der Waals surface area contributed by atoms with Gasteiger partial charge in [0.25, 0.3) is 5.56 Å². The highest BCUT2D eigenvalue weighted by atomic mass is 16.1. The lowest BCUT2D eigenvalue weighted by Gasteiger charge is -2.08. The second-order valence-corrected chi connectivity index (χ2v) is 6.56. The lowest BCUT2D eigenvalue weighted by molar-refractivity contribution is 0.896. The molecule has 1 N–H and O–H groups in total. The van der Waals surface area contributed by atoms with Crippen molar-refractivity contribution in [3.63, 3.8) is 0 Å². The van der Waals surface area contributed by atoms with Crippen molar-refractivity contribution in [1.82, 2.24) is 9.55 Å². The molecule has 0 unspecified atom stereocenters. The van der Waals surface area contributed by atoms with Gasteiger partial charge in [-0.1, -0.05) is 29.3 Å². The van der Waals surface area contributed by atoms with Gasteiger partial charge in [-0.05, 0) is 43.7 Å². The summed E-state index contributed by atoms with van der Waals surface area (Å²) in [5, 5.41) is 11.1. The highest BCUT2D eigenvalue weighted by molar-refractivity contribution is 6.07. The van der Waals surface area contributed by atoms with E-state index in [1.54, 1.807) is 17.7 Å². The molecule has 0 saturated heterocycles. The van der Waals surface area contributed by atoms with Gasteiger partial charge in [-0.25, -0.2) is 0 Å². The van der Waals surface area contributed by atoms with E-state index in [9.17, 15) is 10.1 Å². The Balaban J connectivity index is 2.12. The Morgan fingerprint density at radius 1 is 1.00 bits per heavy atom. The Bertz CT molecular complexity index is 1230. The van der Waals surface area contributed by atoms with E-state index in [0.717, 1.165) is 38.6 Å². The molecule has 2 heterocycles. The Morgan fingerprint density at radius 2 is 1.72 bits per heavy atom. The molecule has 0 spiro atoms.